The minimum Gasteiger partial charge on any atom is -0.351 e. The van der Waals surface area contributed by atoms with Crippen LogP contribution in [0.5, 0.6) is 0 Å². The lowest BCUT2D eigenvalue weighted by Crippen LogP contribution is -2.50. The molecule has 0 N–H and O–H groups in total. The van der Waals surface area contributed by atoms with E-state index in [0.717, 1.165) is 51.4 Å². The van der Waals surface area contributed by atoms with E-state index in [1.54, 1.807) is 0 Å². The monoisotopic (exact) mass is 528 g/mol. The van der Waals surface area contributed by atoms with Gasteiger partial charge in [-0.2, -0.15) is 0 Å². The van der Waals surface area contributed by atoms with E-state index in [2.05, 4.69) is 27.7 Å². The molecule has 0 aromatic heterocycles. The third-order valence-corrected chi connectivity index (χ3v) is 9.19. The maximum absolute atomic E-state index is 5.98. The van der Waals surface area contributed by atoms with Gasteiger partial charge in [0.05, 0.1) is 0 Å². The van der Waals surface area contributed by atoms with Crippen molar-refractivity contribution in [1.29, 1.82) is 0 Å². The van der Waals surface area contributed by atoms with Crippen LogP contribution in [0.3, 0.4) is 0 Å². The molecule has 0 rings (SSSR count). The van der Waals surface area contributed by atoms with Gasteiger partial charge in [0.25, 0.3) is 0 Å². The summed E-state index contributed by atoms with van der Waals surface area (Å²) in [5.74, 6) is 0. The molecule has 0 unspecified atom stereocenters. The highest BCUT2D eigenvalue weighted by Gasteiger charge is 2.45. The van der Waals surface area contributed by atoms with Crippen LogP contribution in [0.4, 0.5) is 0 Å². The van der Waals surface area contributed by atoms with Gasteiger partial charge in [-0.1, -0.05) is 53.4 Å². The van der Waals surface area contributed by atoms with Crippen LogP contribution in [0.25, 0.3) is 0 Å². The standard InChI is InChI=1S/C16H36O4Si.C8H20O4Si/c1-5-9-13-17-21(18-14-10-6-2,19-15-11-7-3)20-16-12-8-4;1-5-9-13(10-6-2,11-7-3)12-8-4/h5-16H2,1-4H3;5-8H2,1-4H3. The smallest absolute Gasteiger partial charge is 0.351 e. The van der Waals surface area contributed by atoms with E-state index in [0.29, 0.717) is 52.9 Å². The van der Waals surface area contributed by atoms with Crippen molar-refractivity contribution >= 4 is 18.1 Å². The van der Waals surface area contributed by atoms with Gasteiger partial charge in [0.15, 0.2) is 0 Å². The molecule has 0 aliphatic heterocycles. The zero-order valence-electron chi connectivity index (χ0n) is 23.6. The fraction of sp³-hybridized carbons (Fsp3) is 1.00. The Balaban J connectivity index is 0. The quantitative estimate of drug-likeness (QED) is 0.107. The van der Waals surface area contributed by atoms with Gasteiger partial charge in [-0.3, -0.25) is 0 Å². The second kappa shape index (κ2) is 26.2. The second-order valence-electron chi connectivity index (χ2n) is 7.54. The average molecular weight is 529 g/mol. The first-order chi connectivity index (χ1) is 16.5. The van der Waals surface area contributed by atoms with E-state index in [4.69, 9.17) is 35.4 Å². The molecule has 0 heterocycles. The molecule has 0 aromatic carbocycles. The van der Waals surface area contributed by atoms with Crippen molar-refractivity contribution in [3.05, 3.63) is 0 Å². The topological polar surface area (TPSA) is 73.8 Å². The molecule has 0 aliphatic rings. The number of unbranched alkanes of at least 4 members (excludes halogenated alkanes) is 4. The lowest BCUT2D eigenvalue weighted by atomic mass is 10.4. The van der Waals surface area contributed by atoms with Gasteiger partial charge in [0.2, 0.25) is 0 Å². The van der Waals surface area contributed by atoms with Crippen LogP contribution in [-0.4, -0.2) is 71.0 Å². The Bertz CT molecular complexity index is 330. The van der Waals surface area contributed by atoms with Crippen molar-refractivity contribution in [3.63, 3.8) is 0 Å². The molecule has 0 bridgehead atoms. The van der Waals surface area contributed by atoms with Crippen molar-refractivity contribution in [2.24, 2.45) is 0 Å². The number of hydrogen-bond donors (Lipinski definition) is 0. The summed E-state index contributed by atoms with van der Waals surface area (Å²) in [6.07, 6.45) is 8.46. The Morgan fingerprint density at radius 2 is 0.529 bits per heavy atom. The first-order valence-corrected chi connectivity index (χ1v) is 16.9. The zero-order chi connectivity index (χ0) is 26.0. The Kier molecular flexibility index (Phi) is 27.9. The van der Waals surface area contributed by atoms with Crippen LogP contribution in [0.2, 0.25) is 0 Å². The van der Waals surface area contributed by atoms with Crippen LogP contribution in [0.15, 0.2) is 0 Å². The van der Waals surface area contributed by atoms with Crippen LogP contribution in [0.1, 0.15) is 107 Å². The Morgan fingerprint density at radius 1 is 0.324 bits per heavy atom. The molecule has 0 amide bonds. The van der Waals surface area contributed by atoms with Gasteiger partial charge in [-0.05, 0) is 53.4 Å². The summed E-state index contributed by atoms with van der Waals surface area (Å²) in [4.78, 5) is 0. The molecular weight excluding hydrogens is 472 g/mol. The Hall–Kier alpha value is 0.114. The van der Waals surface area contributed by atoms with E-state index in [1.165, 1.54) is 0 Å². The predicted molar refractivity (Wildman–Crippen MR) is 141 cm³/mol. The molecule has 0 saturated carbocycles. The number of hydrogen-bond acceptors (Lipinski definition) is 8. The van der Waals surface area contributed by atoms with Crippen molar-refractivity contribution in [2.75, 3.05) is 52.9 Å². The van der Waals surface area contributed by atoms with E-state index in [1.807, 2.05) is 27.7 Å². The van der Waals surface area contributed by atoms with Crippen molar-refractivity contribution in [3.8, 4) is 0 Å². The maximum Gasteiger partial charge on any atom is 0.679 e. The molecule has 208 valence electrons. The van der Waals surface area contributed by atoms with E-state index < -0.39 is 18.1 Å². The van der Waals surface area contributed by atoms with E-state index in [9.17, 15) is 0 Å². The van der Waals surface area contributed by atoms with Gasteiger partial charge in [-0.15, -0.1) is 0 Å². The summed E-state index contributed by atoms with van der Waals surface area (Å²) in [7, 11) is -5.74. The minimum atomic E-state index is -2.94. The molecule has 8 nitrogen and oxygen atoms in total. The number of rotatable bonds is 24. The molecule has 0 atom stereocenters. The minimum absolute atomic E-state index is 0.548. The second-order valence-corrected chi connectivity index (χ2v) is 11.8. The van der Waals surface area contributed by atoms with Crippen molar-refractivity contribution < 1.29 is 35.4 Å². The summed E-state index contributed by atoms with van der Waals surface area (Å²) in [5.41, 5.74) is 0. The summed E-state index contributed by atoms with van der Waals surface area (Å²) in [6, 6.07) is 0. The highest BCUT2D eigenvalue weighted by atomic mass is 28.4. The molecule has 0 saturated heterocycles. The molecule has 0 spiro atoms. The van der Waals surface area contributed by atoms with Crippen LogP contribution in [-0.2, 0) is 35.4 Å². The van der Waals surface area contributed by atoms with Crippen molar-refractivity contribution in [2.45, 2.75) is 107 Å². The van der Waals surface area contributed by atoms with Gasteiger partial charge in [0, 0.05) is 52.9 Å². The van der Waals surface area contributed by atoms with Gasteiger partial charge in [0.1, 0.15) is 0 Å². The molecule has 0 aliphatic carbocycles. The van der Waals surface area contributed by atoms with Crippen LogP contribution < -0.4 is 0 Å². The lowest BCUT2D eigenvalue weighted by Gasteiger charge is -2.28. The fourth-order valence-corrected chi connectivity index (χ4v) is 6.56. The molecule has 10 heteroatoms. The molecule has 34 heavy (non-hydrogen) atoms. The first kappa shape index (κ1) is 36.3. The summed E-state index contributed by atoms with van der Waals surface area (Å²) < 4.78 is 45.6. The van der Waals surface area contributed by atoms with Crippen LogP contribution >= 0.6 is 0 Å². The highest BCUT2D eigenvalue weighted by molar-refractivity contribution is 6.53. The van der Waals surface area contributed by atoms with Crippen LogP contribution in [0, 0.1) is 0 Å². The average Bonchev–Trinajstić information content (AvgIpc) is 2.81. The molecule has 0 radical (unpaired) electrons. The SMILES string of the molecule is CCCCO[Si](OCCCC)(OCCCC)OCCCC.CCO[Si](OCC)(OCC)OCC. The Morgan fingerprint density at radius 3 is 0.706 bits per heavy atom. The van der Waals surface area contributed by atoms with Crippen molar-refractivity contribution in [1.82, 2.24) is 0 Å². The fourth-order valence-electron chi connectivity index (χ4n) is 2.57. The highest BCUT2D eigenvalue weighted by Crippen LogP contribution is 2.16. The molecular formula is C24H56O8Si2. The zero-order valence-corrected chi connectivity index (χ0v) is 25.6. The van der Waals surface area contributed by atoms with Gasteiger partial charge in [-0.25, -0.2) is 0 Å². The third kappa shape index (κ3) is 19.3. The summed E-state index contributed by atoms with van der Waals surface area (Å²) in [6.45, 7) is 21.0. The Labute approximate surface area is 213 Å². The molecule has 0 fully saturated rings. The largest absolute Gasteiger partial charge is 0.679 e. The van der Waals surface area contributed by atoms with E-state index in [-0.39, 0.29) is 0 Å². The summed E-state index contributed by atoms with van der Waals surface area (Å²) in [5, 5.41) is 0. The third-order valence-electron chi connectivity index (χ3n) is 4.39. The maximum atomic E-state index is 5.98. The first-order valence-electron chi connectivity index (χ1n) is 13.6. The van der Waals surface area contributed by atoms with Gasteiger partial charge >= 0.3 is 18.1 Å². The summed E-state index contributed by atoms with van der Waals surface area (Å²) >= 11 is 0. The normalized spacial score (nSPS) is 12.0. The van der Waals surface area contributed by atoms with E-state index >= 15 is 0 Å². The molecule has 0 aromatic rings. The lowest BCUT2D eigenvalue weighted by molar-refractivity contribution is -0.0369. The van der Waals surface area contributed by atoms with Gasteiger partial charge < -0.3 is 35.4 Å². The predicted octanol–water partition coefficient (Wildman–Crippen LogP) is 6.26.